The number of benzene rings is 1. The molecule has 3 aromatic rings. The van der Waals surface area contributed by atoms with Crippen molar-refractivity contribution in [2.45, 2.75) is 11.0 Å². The highest BCUT2D eigenvalue weighted by Gasteiger charge is 2.41. The first kappa shape index (κ1) is 16.6. The highest BCUT2D eigenvalue weighted by Crippen LogP contribution is 2.23. The fourth-order valence-corrected chi connectivity index (χ4v) is 4.52. The van der Waals surface area contributed by atoms with E-state index in [1.165, 1.54) is 11.2 Å². The lowest BCUT2D eigenvalue weighted by molar-refractivity contribution is 0.0626. The number of nitrogens with zero attached hydrogens (tertiary/aromatic N) is 1. The summed E-state index contributed by atoms with van der Waals surface area (Å²) in [5.41, 5.74) is 0.0172. The third kappa shape index (κ3) is 2.92. The van der Waals surface area contributed by atoms with E-state index in [9.17, 15) is 18.0 Å². The van der Waals surface area contributed by atoms with Gasteiger partial charge in [-0.05, 0) is 24.3 Å². The average molecular weight is 373 g/mol. The lowest BCUT2D eigenvalue weighted by atomic mass is 10.1. The number of hydrogen-bond donors (Lipinski definition) is 0. The molecule has 7 nitrogen and oxygen atoms in total. The highest BCUT2D eigenvalue weighted by atomic mass is 32.2. The predicted octanol–water partition coefficient (Wildman–Crippen LogP) is 1.83. The van der Waals surface area contributed by atoms with Crippen molar-refractivity contribution >= 4 is 26.7 Å². The zero-order chi connectivity index (χ0) is 18.3. The molecule has 1 aliphatic heterocycles. The van der Waals surface area contributed by atoms with Crippen LogP contribution in [-0.4, -0.2) is 37.6 Å². The molecular weight excluding hydrogens is 358 g/mol. The van der Waals surface area contributed by atoms with E-state index in [0.29, 0.717) is 16.7 Å². The van der Waals surface area contributed by atoms with Gasteiger partial charge in [0.1, 0.15) is 17.1 Å². The zero-order valence-corrected chi connectivity index (χ0v) is 14.4. The molecular formula is C18H15NO6S. The third-order valence-electron chi connectivity index (χ3n) is 4.41. The highest BCUT2D eigenvalue weighted by molar-refractivity contribution is 7.91. The van der Waals surface area contributed by atoms with E-state index in [2.05, 4.69) is 0 Å². The van der Waals surface area contributed by atoms with Gasteiger partial charge in [0.2, 0.25) is 0 Å². The van der Waals surface area contributed by atoms with Crippen LogP contribution in [0.3, 0.4) is 0 Å². The van der Waals surface area contributed by atoms with Crippen LogP contribution in [0.1, 0.15) is 16.3 Å². The first-order chi connectivity index (χ1) is 12.4. The number of fused-ring (bicyclic) bond motifs is 1. The Hall–Kier alpha value is -2.87. The molecule has 1 aromatic carbocycles. The lowest BCUT2D eigenvalue weighted by Gasteiger charge is -2.38. The van der Waals surface area contributed by atoms with Crippen LogP contribution in [0.5, 0.6) is 0 Å². The molecule has 3 heterocycles. The number of furan rings is 1. The molecule has 134 valence electrons. The van der Waals surface area contributed by atoms with Gasteiger partial charge in [0.05, 0.1) is 16.9 Å². The Kier molecular flexibility index (Phi) is 3.91. The van der Waals surface area contributed by atoms with E-state index in [4.69, 9.17) is 8.83 Å². The number of carbonyl (C=O) groups excluding carboxylic acids is 1. The van der Waals surface area contributed by atoms with Crippen LogP contribution in [0.15, 0.2) is 62.4 Å². The topological polar surface area (TPSA) is 97.8 Å². The summed E-state index contributed by atoms with van der Waals surface area (Å²) in [7, 11) is -3.42. The maximum Gasteiger partial charge on any atom is 0.289 e. The summed E-state index contributed by atoms with van der Waals surface area (Å²) in [6.07, 6.45) is 1.42. The number of amides is 1. The minimum atomic E-state index is -3.42. The van der Waals surface area contributed by atoms with Gasteiger partial charge >= 0.3 is 0 Å². The molecule has 1 aliphatic rings. The van der Waals surface area contributed by atoms with Gasteiger partial charge in [-0.2, -0.15) is 0 Å². The second-order valence-corrected chi connectivity index (χ2v) is 8.47. The Balaban J connectivity index is 1.49. The fourth-order valence-electron chi connectivity index (χ4n) is 2.91. The molecule has 0 aliphatic carbocycles. The molecule has 0 N–H and O–H groups in total. The van der Waals surface area contributed by atoms with E-state index < -0.39 is 21.0 Å². The van der Waals surface area contributed by atoms with Crippen molar-refractivity contribution in [2.24, 2.45) is 0 Å². The molecule has 0 bridgehead atoms. The Labute approximate surface area is 148 Å². The number of hydrogen-bond acceptors (Lipinski definition) is 6. The fraction of sp³-hybridized carbons (Fsp3) is 0.222. The molecule has 2 aromatic heterocycles. The summed E-state index contributed by atoms with van der Waals surface area (Å²) < 4.78 is 35.3. The van der Waals surface area contributed by atoms with Crippen LogP contribution in [0, 0.1) is 0 Å². The molecule has 4 rings (SSSR count). The van der Waals surface area contributed by atoms with Crippen LogP contribution in [0.4, 0.5) is 0 Å². The molecule has 1 fully saturated rings. The van der Waals surface area contributed by atoms with E-state index in [1.807, 2.05) is 0 Å². The van der Waals surface area contributed by atoms with Gasteiger partial charge in [0.25, 0.3) is 5.91 Å². The Morgan fingerprint density at radius 3 is 2.65 bits per heavy atom. The molecule has 1 amide bonds. The molecule has 0 unspecified atom stereocenters. The van der Waals surface area contributed by atoms with Gasteiger partial charge in [-0.15, -0.1) is 0 Å². The van der Waals surface area contributed by atoms with Crippen LogP contribution in [0.2, 0.25) is 0 Å². The summed E-state index contributed by atoms with van der Waals surface area (Å²) in [5.74, 6) is -0.402. The molecule has 0 spiro atoms. The van der Waals surface area contributed by atoms with Crippen molar-refractivity contribution in [1.82, 2.24) is 4.90 Å². The maximum absolute atomic E-state index is 12.5. The van der Waals surface area contributed by atoms with E-state index in [0.717, 1.165) is 6.07 Å². The summed E-state index contributed by atoms with van der Waals surface area (Å²) in [6, 6.07) is 11.0. The standard InChI is InChI=1S/C18H15NO6S/c20-15-8-17(25-16-6-2-1-5-14(15)16)18(21)19-9-13(10-19)26(22,23)11-12-4-3-7-24-12/h1-8,13H,9-11H2. The summed E-state index contributed by atoms with van der Waals surface area (Å²) in [4.78, 5) is 25.9. The van der Waals surface area contributed by atoms with Crippen molar-refractivity contribution in [3.05, 3.63) is 70.5 Å². The van der Waals surface area contributed by atoms with Gasteiger partial charge < -0.3 is 13.7 Å². The maximum atomic E-state index is 12.5. The van der Waals surface area contributed by atoms with Crippen molar-refractivity contribution in [3.63, 3.8) is 0 Å². The van der Waals surface area contributed by atoms with Gasteiger partial charge in [0.15, 0.2) is 21.0 Å². The number of rotatable bonds is 4. The van der Waals surface area contributed by atoms with Crippen molar-refractivity contribution in [1.29, 1.82) is 0 Å². The number of likely N-dealkylation sites (tertiary alicyclic amines) is 1. The van der Waals surface area contributed by atoms with Crippen LogP contribution < -0.4 is 5.43 Å². The van der Waals surface area contributed by atoms with Gasteiger partial charge in [-0.25, -0.2) is 8.42 Å². The number of carbonyl (C=O) groups is 1. The normalized spacial score (nSPS) is 15.2. The SMILES string of the molecule is O=C(c1cc(=O)c2ccccc2o1)N1CC(S(=O)(=O)Cc2ccco2)C1. The molecule has 8 heteroatoms. The summed E-state index contributed by atoms with van der Waals surface area (Å²) >= 11 is 0. The van der Waals surface area contributed by atoms with E-state index >= 15 is 0 Å². The zero-order valence-electron chi connectivity index (χ0n) is 13.6. The first-order valence-corrected chi connectivity index (χ1v) is 9.72. The molecule has 0 radical (unpaired) electrons. The Bertz CT molecular complexity index is 1120. The van der Waals surface area contributed by atoms with Gasteiger partial charge in [-0.1, -0.05) is 12.1 Å². The quantitative estimate of drug-likeness (QED) is 0.692. The van der Waals surface area contributed by atoms with Crippen LogP contribution >= 0.6 is 0 Å². The van der Waals surface area contributed by atoms with Crippen molar-refractivity contribution < 1.29 is 22.0 Å². The van der Waals surface area contributed by atoms with E-state index in [-0.39, 0.29) is 30.0 Å². The van der Waals surface area contributed by atoms with Crippen molar-refractivity contribution in [2.75, 3.05) is 13.1 Å². The molecule has 26 heavy (non-hydrogen) atoms. The molecule has 1 saturated heterocycles. The first-order valence-electron chi connectivity index (χ1n) is 8.00. The van der Waals surface area contributed by atoms with Gasteiger partial charge in [0, 0.05) is 19.2 Å². The molecule has 0 atom stereocenters. The molecule has 0 saturated carbocycles. The largest absolute Gasteiger partial charge is 0.468 e. The minimum Gasteiger partial charge on any atom is -0.468 e. The number of para-hydroxylation sites is 1. The summed E-state index contributed by atoms with van der Waals surface area (Å²) in [5, 5.41) is -0.254. The average Bonchev–Trinajstić information content (AvgIpc) is 3.05. The predicted molar refractivity (Wildman–Crippen MR) is 93.5 cm³/mol. The monoisotopic (exact) mass is 373 g/mol. The van der Waals surface area contributed by atoms with Crippen molar-refractivity contribution in [3.8, 4) is 0 Å². The van der Waals surface area contributed by atoms with Crippen LogP contribution in [0.25, 0.3) is 11.0 Å². The van der Waals surface area contributed by atoms with E-state index in [1.54, 1.807) is 36.4 Å². The second kappa shape index (κ2) is 6.14. The number of sulfone groups is 1. The lowest BCUT2D eigenvalue weighted by Crippen LogP contribution is -2.57. The third-order valence-corrected chi connectivity index (χ3v) is 6.41. The summed E-state index contributed by atoms with van der Waals surface area (Å²) in [6.45, 7) is 0.136. The smallest absolute Gasteiger partial charge is 0.289 e. The second-order valence-electron chi connectivity index (χ2n) is 6.19. The van der Waals surface area contributed by atoms with Crippen LogP contribution in [-0.2, 0) is 15.6 Å². The Morgan fingerprint density at radius 2 is 1.92 bits per heavy atom. The van der Waals surface area contributed by atoms with Gasteiger partial charge in [-0.3, -0.25) is 9.59 Å². The Morgan fingerprint density at radius 1 is 1.15 bits per heavy atom. The minimum absolute atomic E-state index is 0.0679.